The van der Waals surface area contributed by atoms with E-state index in [4.69, 9.17) is 18.9 Å². The highest BCUT2D eigenvalue weighted by Gasteiger charge is 2.32. The van der Waals surface area contributed by atoms with Crippen molar-refractivity contribution in [1.29, 1.82) is 0 Å². The Morgan fingerprint density at radius 2 is 2.00 bits per heavy atom. The van der Waals surface area contributed by atoms with E-state index in [-0.39, 0.29) is 18.8 Å². The SMILES string of the molecule is COc1ccc([C@@H]2OC[C@H](OC)[C@H](CO)O2)cc1. The van der Waals surface area contributed by atoms with Crippen molar-refractivity contribution in [3.8, 4) is 5.75 Å². The van der Waals surface area contributed by atoms with E-state index in [2.05, 4.69) is 0 Å². The monoisotopic (exact) mass is 254 g/mol. The zero-order chi connectivity index (χ0) is 13.0. The van der Waals surface area contributed by atoms with Crippen LogP contribution < -0.4 is 4.74 Å². The van der Waals surface area contributed by atoms with Gasteiger partial charge in [-0.2, -0.15) is 0 Å². The molecule has 1 aliphatic heterocycles. The fourth-order valence-corrected chi connectivity index (χ4v) is 1.89. The Kier molecular flexibility index (Phi) is 4.54. The predicted molar refractivity (Wildman–Crippen MR) is 64.4 cm³/mol. The van der Waals surface area contributed by atoms with Crippen molar-refractivity contribution in [3.63, 3.8) is 0 Å². The summed E-state index contributed by atoms with van der Waals surface area (Å²) < 4.78 is 21.5. The van der Waals surface area contributed by atoms with Gasteiger partial charge in [-0.15, -0.1) is 0 Å². The van der Waals surface area contributed by atoms with Crippen molar-refractivity contribution < 1.29 is 24.1 Å². The number of aliphatic hydroxyl groups is 1. The van der Waals surface area contributed by atoms with Crippen molar-refractivity contribution >= 4 is 0 Å². The Hall–Kier alpha value is -1.14. The van der Waals surface area contributed by atoms with Gasteiger partial charge >= 0.3 is 0 Å². The van der Waals surface area contributed by atoms with Crippen molar-refractivity contribution in [1.82, 2.24) is 0 Å². The number of methoxy groups -OCH3 is 2. The van der Waals surface area contributed by atoms with Crippen LogP contribution in [-0.2, 0) is 14.2 Å². The number of rotatable bonds is 4. The van der Waals surface area contributed by atoms with E-state index >= 15 is 0 Å². The lowest BCUT2D eigenvalue weighted by atomic mass is 10.1. The van der Waals surface area contributed by atoms with Crippen LogP contribution in [0.25, 0.3) is 0 Å². The van der Waals surface area contributed by atoms with Crippen LogP contribution in [0.15, 0.2) is 24.3 Å². The first-order chi connectivity index (χ1) is 8.78. The van der Waals surface area contributed by atoms with Crippen molar-refractivity contribution in [2.45, 2.75) is 18.5 Å². The van der Waals surface area contributed by atoms with E-state index in [1.807, 2.05) is 24.3 Å². The molecule has 1 aromatic carbocycles. The lowest BCUT2D eigenvalue weighted by molar-refractivity contribution is -0.267. The van der Waals surface area contributed by atoms with Gasteiger partial charge in [0.2, 0.25) is 0 Å². The number of hydrogen-bond donors (Lipinski definition) is 1. The Morgan fingerprint density at radius 3 is 2.56 bits per heavy atom. The van der Waals surface area contributed by atoms with Crippen LogP contribution in [0.3, 0.4) is 0 Å². The largest absolute Gasteiger partial charge is 0.497 e. The molecule has 0 unspecified atom stereocenters. The first kappa shape index (κ1) is 13.3. The van der Waals surface area contributed by atoms with Crippen LogP contribution in [0.2, 0.25) is 0 Å². The van der Waals surface area contributed by atoms with Crippen LogP contribution in [0.5, 0.6) is 5.75 Å². The van der Waals surface area contributed by atoms with Gasteiger partial charge in [0.05, 0.1) is 20.3 Å². The molecule has 0 amide bonds. The van der Waals surface area contributed by atoms with E-state index in [0.29, 0.717) is 6.61 Å². The minimum absolute atomic E-state index is 0.0888. The highest BCUT2D eigenvalue weighted by Crippen LogP contribution is 2.28. The molecule has 2 rings (SSSR count). The normalized spacial score (nSPS) is 28.1. The molecule has 1 saturated heterocycles. The molecular formula is C13H18O5. The molecule has 1 N–H and O–H groups in total. The lowest BCUT2D eigenvalue weighted by Gasteiger charge is -2.34. The molecule has 0 radical (unpaired) electrons. The minimum Gasteiger partial charge on any atom is -0.497 e. The maximum atomic E-state index is 9.26. The van der Waals surface area contributed by atoms with Crippen molar-refractivity contribution in [2.24, 2.45) is 0 Å². The summed E-state index contributed by atoms with van der Waals surface area (Å²) in [5, 5.41) is 9.26. The van der Waals surface area contributed by atoms with E-state index in [1.54, 1.807) is 14.2 Å². The van der Waals surface area contributed by atoms with Gasteiger partial charge in [0.25, 0.3) is 0 Å². The van der Waals surface area contributed by atoms with Gasteiger partial charge in [-0.3, -0.25) is 0 Å². The molecule has 3 atom stereocenters. The van der Waals surface area contributed by atoms with Crippen LogP contribution in [0.4, 0.5) is 0 Å². The van der Waals surface area contributed by atoms with Crippen LogP contribution in [0, 0.1) is 0 Å². The second-order valence-electron chi connectivity index (χ2n) is 4.07. The molecule has 1 aliphatic rings. The van der Waals surface area contributed by atoms with E-state index in [1.165, 1.54) is 0 Å². The zero-order valence-corrected chi connectivity index (χ0v) is 10.5. The van der Waals surface area contributed by atoms with Crippen LogP contribution in [0.1, 0.15) is 11.9 Å². The van der Waals surface area contributed by atoms with Crippen LogP contribution >= 0.6 is 0 Å². The van der Waals surface area contributed by atoms with Gasteiger partial charge in [0.1, 0.15) is 18.0 Å². The summed E-state index contributed by atoms with van der Waals surface area (Å²) in [4.78, 5) is 0. The summed E-state index contributed by atoms with van der Waals surface area (Å²) in [6, 6.07) is 7.45. The maximum absolute atomic E-state index is 9.26. The van der Waals surface area contributed by atoms with Crippen LogP contribution in [-0.4, -0.2) is 44.7 Å². The molecule has 1 aromatic rings. The molecule has 0 aliphatic carbocycles. The van der Waals surface area contributed by atoms with Gasteiger partial charge in [0.15, 0.2) is 6.29 Å². The van der Waals surface area contributed by atoms with Gasteiger partial charge in [0, 0.05) is 12.7 Å². The smallest absolute Gasteiger partial charge is 0.184 e. The third-order valence-electron chi connectivity index (χ3n) is 3.00. The predicted octanol–water partition coefficient (Wildman–Crippen LogP) is 1.12. The topological polar surface area (TPSA) is 57.2 Å². The second-order valence-corrected chi connectivity index (χ2v) is 4.07. The lowest BCUT2D eigenvalue weighted by Crippen LogP contribution is -2.43. The summed E-state index contributed by atoms with van der Waals surface area (Å²) >= 11 is 0. The molecule has 5 heteroatoms. The number of benzene rings is 1. The summed E-state index contributed by atoms with van der Waals surface area (Å²) in [5.41, 5.74) is 0.892. The minimum atomic E-state index is -0.473. The van der Waals surface area contributed by atoms with Crippen molar-refractivity contribution in [3.05, 3.63) is 29.8 Å². The third kappa shape index (κ3) is 2.81. The highest BCUT2D eigenvalue weighted by atomic mass is 16.7. The number of hydrogen-bond acceptors (Lipinski definition) is 5. The summed E-state index contributed by atoms with van der Waals surface area (Å²) in [7, 11) is 3.20. The summed E-state index contributed by atoms with van der Waals surface area (Å²) in [6.45, 7) is 0.312. The van der Waals surface area contributed by atoms with E-state index in [9.17, 15) is 5.11 Å². The molecule has 5 nitrogen and oxygen atoms in total. The standard InChI is InChI=1S/C13H18O5/c1-15-10-5-3-9(4-6-10)13-17-8-12(16-2)11(7-14)18-13/h3-6,11-14H,7-8H2,1-2H3/t11-,12-,13+/m0/s1. The van der Waals surface area contributed by atoms with Crippen molar-refractivity contribution in [2.75, 3.05) is 27.4 Å². The molecule has 18 heavy (non-hydrogen) atoms. The first-order valence-electron chi connectivity index (χ1n) is 5.83. The van der Waals surface area contributed by atoms with Gasteiger partial charge in [-0.05, 0) is 12.1 Å². The highest BCUT2D eigenvalue weighted by molar-refractivity contribution is 5.28. The molecule has 1 heterocycles. The molecule has 0 saturated carbocycles. The van der Waals surface area contributed by atoms with E-state index in [0.717, 1.165) is 11.3 Å². The molecule has 0 spiro atoms. The third-order valence-corrected chi connectivity index (χ3v) is 3.00. The zero-order valence-electron chi connectivity index (χ0n) is 10.5. The average molecular weight is 254 g/mol. The molecule has 1 fully saturated rings. The Bertz CT molecular complexity index is 364. The molecule has 100 valence electrons. The number of aliphatic hydroxyl groups excluding tert-OH is 1. The van der Waals surface area contributed by atoms with Gasteiger partial charge in [-0.25, -0.2) is 0 Å². The maximum Gasteiger partial charge on any atom is 0.184 e. The summed E-state index contributed by atoms with van der Waals surface area (Å²) in [6.07, 6.45) is -1.07. The van der Waals surface area contributed by atoms with Gasteiger partial charge < -0.3 is 24.1 Å². The fraction of sp³-hybridized carbons (Fsp3) is 0.538. The van der Waals surface area contributed by atoms with E-state index < -0.39 is 6.29 Å². The molecular weight excluding hydrogens is 236 g/mol. The Labute approximate surface area is 106 Å². The quantitative estimate of drug-likeness (QED) is 0.872. The number of ether oxygens (including phenoxy) is 4. The average Bonchev–Trinajstić information content (AvgIpc) is 2.46. The Morgan fingerprint density at radius 1 is 1.28 bits per heavy atom. The summed E-state index contributed by atoms with van der Waals surface area (Å²) in [5.74, 6) is 0.781. The molecule has 0 bridgehead atoms. The fourth-order valence-electron chi connectivity index (χ4n) is 1.89. The molecule has 0 aromatic heterocycles. The van der Waals surface area contributed by atoms with Gasteiger partial charge in [-0.1, -0.05) is 12.1 Å². The Balaban J connectivity index is 2.05. The second kappa shape index (κ2) is 6.15. The first-order valence-corrected chi connectivity index (χ1v) is 5.83.